The molecular formula is C15H10ClNO. The van der Waals surface area contributed by atoms with E-state index >= 15 is 0 Å². The number of carbonyl (C=O) groups excluding carboxylic acids is 1. The zero-order valence-corrected chi connectivity index (χ0v) is 10.2. The van der Waals surface area contributed by atoms with Crippen LogP contribution in [0.25, 0.3) is 0 Å². The quantitative estimate of drug-likeness (QED) is 0.483. The Hall–Kier alpha value is -2.24. The van der Waals surface area contributed by atoms with E-state index < -0.39 is 0 Å². The molecule has 88 valence electrons. The minimum Gasteiger partial charge on any atom is -0.398 e. The Labute approximate surface area is 110 Å². The maximum Gasteiger partial charge on any atom is 0.238 e. The number of ketones is 1. The number of Topliss-reactive ketones (excluding diaryl/α,β-unsaturated/α-hetero) is 1. The summed E-state index contributed by atoms with van der Waals surface area (Å²) in [6, 6.07) is 13.9. The van der Waals surface area contributed by atoms with Crippen LogP contribution in [0.3, 0.4) is 0 Å². The monoisotopic (exact) mass is 255 g/mol. The number of halogens is 1. The molecule has 0 aliphatic carbocycles. The molecule has 18 heavy (non-hydrogen) atoms. The average molecular weight is 256 g/mol. The van der Waals surface area contributed by atoms with Crippen LogP contribution in [0.5, 0.6) is 0 Å². The van der Waals surface area contributed by atoms with Gasteiger partial charge in [-0.1, -0.05) is 35.7 Å². The molecule has 0 atom stereocenters. The zero-order valence-electron chi connectivity index (χ0n) is 9.48. The lowest BCUT2D eigenvalue weighted by Crippen LogP contribution is -2.00. The molecule has 2 nitrogen and oxygen atoms in total. The molecule has 0 aromatic heterocycles. The topological polar surface area (TPSA) is 43.1 Å². The minimum atomic E-state index is -0.298. The predicted molar refractivity (Wildman–Crippen MR) is 73.5 cm³/mol. The van der Waals surface area contributed by atoms with E-state index in [0.717, 1.165) is 0 Å². The summed E-state index contributed by atoms with van der Waals surface area (Å²) in [5.74, 6) is 5.03. The predicted octanol–water partition coefficient (Wildman–Crippen LogP) is 3.16. The third kappa shape index (κ3) is 2.91. The van der Waals surface area contributed by atoms with Crippen molar-refractivity contribution < 1.29 is 4.79 Å². The molecule has 0 radical (unpaired) electrons. The third-order valence-corrected chi connectivity index (χ3v) is 2.59. The minimum absolute atomic E-state index is 0.298. The highest BCUT2D eigenvalue weighted by molar-refractivity contribution is 6.30. The molecule has 0 unspecified atom stereocenters. The van der Waals surface area contributed by atoms with Crippen LogP contribution in [0.1, 0.15) is 15.9 Å². The molecule has 2 aromatic carbocycles. The van der Waals surface area contributed by atoms with Crippen LogP contribution in [-0.4, -0.2) is 5.78 Å². The highest BCUT2D eigenvalue weighted by Gasteiger charge is 2.04. The Kier molecular flexibility index (Phi) is 3.66. The fraction of sp³-hybridized carbons (Fsp3) is 0. The Bertz CT molecular complexity index is 653. The van der Waals surface area contributed by atoms with E-state index in [-0.39, 0.29) is 5.78 Å². The summed E-state index contributed by atoms with van der Waals surface area (Å²) in [7, 11) is 0. The van der Waals surface area contributed by atoms with Gasteiger partial charge in [-0.3, -0.25) is 4.79 Å². The van der Waals surface area contributed by atoms with Gasteiger partial charge in [-0.25, -0.2) is 0 Å². The summed E-state index contributed by atoms with van der Waals surface area (Å²) in [6.07, 6.45) is 0. The molecule has 0 fully saturated rings. The molecule has 3 heteroatoms. The van der Waals surface area contributed by atoms with Crippen molar-refractivity contribution in [2.24, 2.45) is 0 Å². The number of hydrogen-bond donors (Lipinski definition) is 1. The number of anilines is 1. The summed E-state index contributed by atoms with van der Waals surface area (Å²) in [5, 5.41) is 0.591. The van der Waals surface area contributed by atoms with E-state index in [1.165, 1.54) is 0 Å². The maximum atomic E-state index is 11.8. The number of hydrogen-bond acceptors (Lipinski definition) is 2. The third-order valence-electron chi connectivity index (χ3n) is 2.35. The lowest BCUT2D eigenvalue weighted by Gasteiger charge is -1.98. The van der Waals surface area contributed by atoms with Crippen LogP contribution in [0.2, 0.25) is 5.02 Å². The van der Waals surface area contributed by atoms with Crippen LogP contribution in [0.15, 0.2) is 48.5 Å². The normalized spacial score (nSPS) is 9.39. The van der Waals surface area contributed by atoms with Crippen molar-refractivity contribution in [3.8, 4) is 11.8 Å². The first-order valence-electron chi connectivity index (χ1n) is 5.33. The van der Waals surface area contributed by atoms with Crippen molar-refractivity contribution in [3.63, 3.8) is 0 Å². The second-order valence-corrected chi connectivity index (χ2v) is 4.11. The Morgan fingerprint density at radius 2 is 1.89 bits per heavy atom. The summed E-state index contributed by atoms with van der Waals surface area (Å²) in [6.45, 7) is 0. The Morgan fingerprint density at radius 1 is 1.11 bits per heavy atom. The lowest BCUT2D eigenvalue weighted by atomic mass is 10.1. The molecular weight excluding hydrogens is 246 g/mol. The van der Waals surface area contributed by atoms with Gasteiger partial charge in [0.15, 0.2) is 0 Å². The first kappa shape index (κ1) is 12.2. The second-order valence-electron chi connectivity index (χ2n) is 3.68. The van der Waals surface area contributed by atoms with Gasteiger partial charge in [0.05, 0.1) is 5.56 Å². The van der Waals surface area contributed by atoms with Crippen LogP contribution in [0.4, 0.5) is 5.69 Å². The summed E-state index contributed by atoms with van der Waals surface area (Å²) in [4.78, 5) is 11.8. The van der Waals surface area contributed by atoms with Crippen LogP contribution < -0.4 is 5.73 Å². The van der Waals surface area contributed by atoms with Crippen LogP contribution >= 0.6 is 11.6 Å². The summed E-state index contributed by atoms with van der Waals surface area (Å²) < 4.78 is 0. The van der Waals surface area contributed by atoms with Gasteiger partial charge in [0.2, 0.25) is 5.78 Å². The van der Waals surface area contributed by atoms with E-state index in [9.17, 15) is 4.79 Å². The van der Waals surface area contributed by atoms with Crippen molar-refractivity contribution in [3.05, 3.63) is 64.7 Å². The van der Waals surface area contributed by atoms with Gasteiger partial charge in [-0.2, -0.15) is 0 Å². The van der Waals surface area contributed by atoms with Crippen molar-refractivity contribution in [2.75, 3.05) is 5.73 Å². The standard InChI is InChI=1S/C15H10ClNO/c16-12-5-3-4-11(10-12)8-9-15(18)13-6-1-2-7-14(13)17/h1-7,10H,17H2. The van der Waals surface area contributed by atoms with Crippen molar-refractivity contribution in [1.82, 2.24) is 0 Å². The highest BCUT2D eigenvalue weighted by Crippen LogP contribution is 2.12. The number of benzene rings is 2. The van der Waals surface area contributed by atoms with Gasteiger partial charge in [0.25, 0.3) is 0 Å². The maximum absolute atomic E-state index is 11.8. The van der Waals surface area contributed by atoms with Gasteiger partial charge in [0.1, 0.15) is 0 Å². The SMILES string of the molecule is Nc1ccccc1C(=O)C#Cc1cccc(Cl)c1. The lowest BCUT2D eigenvalue weighted by molar-refractivity contribution is 0.105. The summed E-state index contributed by atoms with van der Waals surface area (Å²) >= 11 is 5.83. The molecule has 0 aliphatic rings. The molecule has 0 bridgehead atoms. The first-order chi connectivity index (χ1) is 8.66. The Morgan fingerprint density at radius 3 is 2.61 bits per heavy atom. The molecule has 0 amide bonds. The number of rotatable bonds is 1. The van der Waals surface area contributed by atoms with E-state index in [2.05, 4.69) is 11.8 Å². The smallest absolute Gasteiger partial charge is 0.238 e. The summed E-state index contributed by atoms with van der Waals surface area (Å²) in [5.41, 5.74) is 7.26. The zero-order chi connectivity index (χ0) is 13.0. The Balaban J connectivity index is 2.26. The molecule has 0 heterocycles. The van der Waals surface area contributed by atoms with Gasteiger partial charge in [-0.15, -0.1) is 0 Å². The van der Waals surface area contributed by atoms with E-state index in [1.807, 2.05) is 0 Å². The average Bonchev–Trinajstić information content (AvgIpc) is 2.37. The highest BCUT2D eigenvalue weighted by atomic mass is 35.5. The molecule has 0 aliphatic heterocycles. The molecule has 2 N–H and O–H groups in total. The number of carbonyl (C=O) groups is 1. The number of nitrogens with two attached hydrogens (primary N) is 1. The second kappa shape index (κ2) is 5.39. The number of nitrogen functional groups attached to an aromatic ring is 1. The van der Waals surface area contributed by atoms with E-state index in [1.54, 1.807) is 48.5 Å². The van der Waals surface area contributed by atoms with Crippen molar-refractivity contribution >= 4 is 23.1 Å². The van der Waals surface area contributed by atoms with Crippen LogP contribution in [0, 0.1) is 11.8 Å². The van der Waals surface area contributed by atoms with E-state index in [0.29, 0.717) is 21.8 Å². The fourth-order valence-corrected chi connectivity index (χ4v) is 1.66. The largest absolute Gasteiger partial charge is 0.398 e. The molecule has 0 spiro atoms. The first-order valence-corrected chi connectivity index (χ1v) is 5.71. The van der Waals surface area contributed by atoms with Crippen LogP contribution in [-0.2, 0) is 0 Å². The fourth-order valence-electron chi connectivity index (χ4n) is 1.47. The van der Waals surface area contributed by atoms with Crippen molar-refractivity contribution in [1.29, 1.82) is 0 Å². The van der Waals surface area contributed by atoms with Crippen molar-refractivity contribution in [2.45, 2.75) is 0 Å². The molecule has 0 saturated carbocycles. The van der Waals surface area contributed by atoms with Gasteiger partial charge in [0, 0.05) is 16.3 Å². The van der Waals surface area contributed by atoms with Gasteiger partial charge in [-0.05, 0) is 36.3 Å². The molecule has 2 aromatic rings. The molecule has 0 saturated heterocycles. The van der Waals surface area contributed by atoms with Gasteiger partial charge < -0.3 is 5.73 Å². The molecule has 2 rings (SSSR count). The van der Waals surface area contributed by atoms with Gasteiger partial charge >= 0.3 is 0 Å². The van der Waals surface area contributed by atoms with E-state index in [4.69, 9.17) is 17.3 Å². The number of para-hydroxylation sites is 1.